The fourth-order valence-corrected chi connectivity index (χ4v) is 0.969. The van der Waals surface area contributed by atoms with Crippen LogP contribution < -0.4 is 0 Å². The van der Waals surface area contributed by atoms with E-state index in [9.17, 15) is 0 Å². The van der Waals surface area contributed by atoms with Crippen LogP contribution >= 0.6 is 0 Å². The average Bonchev–Trinajstić information content (AvgIpc) is 2.12. The monoisotopic (exact) mass is 108 g/mol. The zero-order valence-electron chi connectivity index (χ0n) is 5.57. The predicted octanol–water partition coefficient (Wildman–Crippen LogP) is 2.53. The zero-order valence-corrected chi connectivity index (χ0v) is 5.57. The van der Waals surface area contributed by atoms with Crippen molar-refractivity contribution in [3.05, 3.63) is 24.0 Å². The summed E-state index contributed by atoms with van der Waals surface area (Å²) in [6.45, 7) is 4.32. The molecule has 0 aromatic carbocycles. The van der Waals surface area contributed by atoms with E-state index in [1.807, 2.05) is 0 Å². The second-order valence-electron chi connectivity index (χ2n) is 2.44. The van der Waals surface area contributed by atoms with Crippen molar-refractivity contribution in [3.63, 3.8) is 0 Å². The van der Waals surface area contributed by atoms with Crippen molar-refractivity contribution in [1.82, 2.24) is 0 Å². The van der Waals surface area contributed by atoms with Crippen LogP contribution in [0.3, 0.4) is 0 Å². The molecule has 1 aliphatic carbocycles. The quantitative estimate of drug-likeness (QED) is 0.453. The van der Waals surface area contributed by atoms with Crippen LogP contribution in [0.5, 0.6) is 0 Å². The van der Waals surface area contributed by atoms with Crippen LogP contribution in [-0.4, -0.2) is 0 Å². The lowest BCUT2D eigenvalue weighted by Gasteiger charge is -1.93. The summed E-state index contributed by atoms with van der Waals surface area (Å²) in [6.07, 6.45) is 7.10. The third-order valence-corrected chi connectivity index (χ3v) is 1.47. The van der Waals surface area contributed by atoms with Gasteiger partial charge in [-0.25, -0.2) is 0 Å². The molecule has 0 N–H and O–H groups in total. The van der Waals surface area contributed by atoms with Gasteiger partial charge in [0.25, 0.3) is 0 Å². The molecular formula is C8H12+. The predicted molar refractivity (Wildman–Crippen MR) is 36.2 cm³/mol. The molecule has 0 saturated carbocycles. The van der Waals surface area contributed by atoms with Crippen molar-refractivity contribution in [2.45, 2.75) is 26.7 Å². The highest BCUT2D eigenvalue weighted by atomic mass is 14.1. The van der Waals surface area contributed by atoms with Gasteiger partial charge in [0.05, 0.1) is 12.8 Å². The van der Waals surface area contributed by atoms with Gasteiger partial charge in [-0.3, -0.25) is 0 Å². The standard InChI is InChI=1S/C8H12/c1-7(2)8-5-3-4-6-8/h5-6H,3-4H2,1-2H3/q+1. The van der Waals surface area contributed by atoms with Gasteiger partial charge < -0.3 is 0 Å². The smallest absolute Gasteiger partial charge is 0.0512 e. The minimum absolute atomic E-state index is 1.25. The van der Waals surface area contributed by atoms with Gasteiger partial charge >= 0.3 is 0 Å². The van der Waals surface area contributed by atoms with E-state index in [4.69, 9.17) is 0 Å². The highest BCUT2D eigenvalue weighted by Crippen LogP contribution is 2.24. The molecule has 0 nitrogen and oxygen atoms in total. The third kappa shape index (κ3) is 1.06. The van der Waals surface area contributed by atoms with E-state index in [0.29, 0.717) is 0 Å². The van der Waals surface area contributed by atoms with Crippen LogP contribution in [0.15, 0.2) is 11.6 Å². The van der Waals surface area contributed by atoms with Crippen molar-refractivity contribution >= 4 is 0 Å². The fourth-order valence-electron chi connectivity index (χ4n) is 0.969. The average molecular weight is 108 g/mol. The first-order chi connectivity index (χ1) is 3.80. The minimum Gasteiger partial charge on any atom is -0.0512 e. The molecule has 0 saturated heterocycles. The molecule has 0 spiro atoms. The molecule has 1 aliphatic rings. The molecule has 0 amide bonds. The van der Waals surface area contributed by atoms with E-state index < -0.39 is 0 Å². The summed E-state index contributed by atoms with van der Waals surface area (Å²) in [6, 6.07) is 0. The van der Waals surface area contributed by atoms with E-state index in [2.05, 4.69) is 26.3 Å². The number of allylic oxidation sites excluding steroid dienone is 2. The molecule has 0 aromatic heterocycles. The van der Waals surface area contributed by atoms with Crippen molar-refractivity contribution in [2.24, 2.45) is 0 Å². The Morgan fingerprint density at radius 3 is 2.62 bits per heavy atom. The Hall–Kier alpha value is -0.390. The number of hydrogen-bond acceptors (Lipinski definition) is 0. The van der Waals surface area contributed by atoms with E-state index in [0.717, 1.165) is 0 Å². The summed E-state index contributed by atoms with van der Waals surface area (Å²) in [5, 5.41) is 0. The lowest BCUT2D eigenvalue weighted by molar-refractivity contribution is 1.04. The highest BCUT2D eigenvalue weighted by molar-refractivity contribution is 5.31. The van der Waals surface area contributed by atoms with Crippen LogP contribution in [-0.2, 0) is 0 Å². The Labute approximate surface area is 51.6 Å². The van der Waals surface area contributed by atoms with Gasteiger partial charge in [0.1, 0.15) is 5.57 Å². The summed E-state index contributed by atoms with van der Waals surface area (Å²) in [7, 11) is 0. The van der Waals surface area contributed by atoms with Crippen LogP contribution in [0.25, 0.3) is 0 Å². The van der Waals surface area contributed by atoms with E-state index in [-0.39, 0.29) is 0 Å². The Bertz CT molecular complexity index is 98.6. The Morgan fingerprint density at radius 1 is 1.62 bits per heavy atom. The van der Waals surface area contributed by atoms with Crippen LogP contribution in [0, 0.1) is 12.3 Å². The Balaban J connectivity index is 2.45. The van der Waals surface area contributed by atoms with Gasteiger partial charge in [-0.2, -0.15) is 0 Å². The molecule has 0 atom stereocenters. The van der Waals surface area contributed by atoms with E-state index in [1.165, 1.54) is 24.3 Å². The van der Waals surface area contributed by atoms with Gasteiger partial charge in [0.2, 0.25) is 0 Å². The third-order valence-electron chi connectivity index (χ3n) is 1.47. The normalized spacial score (nSPS) is 18.6. The number of rotatable bonds is 1. The van der Waals surface area contributed by atoms with Crippen LogP contribution in [0.2, 0.25) is 0 Å². The van der Waals surface area contributed by atoms with Crippen molar-refractivity contribution in [3.8, 4) is 0 Å². The van der Waals surface area contributed by atoms with Crippen molar-refractivity contribution < 1.29 is 0 Å². The van der Waals surface area contributed by atoms with Gasteiger partial charge in [0, 0.05) is 18.4 Å². The van der Waals surface area contributed by atoms with E-state index in [1.54, 1.807) is 0 Å². The van der Waals surface area contributed by atoms with Gasteiger partial charge in [-0.1, -0.05) is 13.8 Å². The molecule has 1 radical (unpaired) electrons. The minimum atomic E-state index is 1.25. The Kier molecular flexibility index (Phi) is 1.62. The maximum absolute atomic E-state index is 2.30. The molecule has 0 aliphatic heterocycles. The fraction of sp³-hybridized carbons (Fsp3) is 0.500. The van der Waals surface area contributed by atoms with Crippen LogP contribution in [0.4, 0.5) is 0 Å². The summed E-state index contributed by atoms with van der Waals surface area (Å²) < 4.78 is 0. The first-order valence-corrected chi connectivity index (χ1v) is 3.14. The summed E-state index contributed by atoms with van der Waals surface area (Å²) in [5.74, 6) is 1.45. The first-order valence-electron chi connectivity index (χ1n) is 3.14. The molecular weight excluding hydrogens is 96.1 g/mol. The van der Waals surface area contributed by atoms with Crippen LogP contribution in [0.1, 0.15) is 26.7 Å². The van der Waals surface area contributed by atoms with Gasteiger partial charge in [-0.15, -0.1) is 0 Å². The molecule has 1 rings (SSSR count). The lowest BCUT2D eigenvalue weighted by atomic mass is 10.0. The molecule has 0 heteroatoms. The second kappa shape index (κ2) is 2.25. The molecule has 0 fully saturated rings. The zero-order chi connectivity index (χ0) is 5.98. The van der Waals surface area contributed by atoms with Crippen molar-refractivity contribution in [2.75, 3.05) is 0 Å². The SMILES string of the molecule is C[C](C)C1=CCC[CH+]1. The number of hydrogen-bond donors (Lipinski definition) is 0. The maximum atomic E-state index is 2.30. The second-order valence-corrected chi connectivity index (χ2v) is 2.44. The largest absolute Gasteiger partial charge is 0.109 e. The first kappa shape index (κ1) is 5.74. The molecule has 0 heterocycles. The summed E-state index contributed by atoms with van der Waals surface area (Å²) >= 11 is 0. The molecule has 0 unspecified atom stereocenters. The molecule has 0 bridgehead atoms. The summed E-state index contributed by atoms with van der Waals surface area (Å²) in [4.78, 5) is 0. The van der Waals surface area contributed by atoms with Gasteiger partial charge in [0.15, 0.2) is 0 Å². The molecule has 0 aromatic rings. The molecule has 43 valence electrons. The lowest BCUT2D eigenvalue weighted by Crippen LogP contribution is -1.85. The highest BCUT2D eigenvalue weighted by Gasteiger charge is 2.16. The molecule has 8 heavy (non-hydrogen) atoms. The van der Waals surface area contributed by atoms with Gasteiger partial charge in [-0.05, 0) is 0 Å². The maximum Gasteiger partial charge on any atom is 0.109 e. The van der Waals surface area contributed by atoms with E-state index >= 15 is 0 Å². The topological polar surface area (TPSA) is 0 Å². The summed E-state index contributed by atoms with van der Waals surface area (Å²) in [5.41, 5.74) is 1.46. The Morgan fingerprint density at radius 2 is 2.38 bits per heavy atom. The van der Waals surface area contributed by atoms with Crippen molar-refractivity contribution in [1.29, 1.82) is 0 Å².